The fourth-order valence-corrected chi connectivity index (χ4v) is 3.00. The normalized spacial score (nSPS) is 12.3. The van der Waals surface area contributed by atoms with E-state index in [1.807, 2.05) is 24.3 Å². The highest BCUT2D eigenvalue weighted by atomic mass is 16.5. The third kappa shape index (κ3) is 6.26. The number of unbranched alkanes of at least 4 members (excludes halogenated alkanes) is 1. The number of hydrogen-bond donors (Lipinski definition) is 1. The Balaban J connectivity index is 1.95. The van der Waals surface area contributed by atoms with Crippen LogP contribution in [0, 0.1) is 6.92 Å². The van der Waals surface area contributed by atoms with Crippen LogP contribution in [0.3, 0.4) is 0 Å². The Morgan fingerprint density at radius 2 is 1.96 bits per heavy atom. The number of hydrogen-bond acceptors (Lipinski definition) is 5. The van der Waals surface area contributed by atoms with Crippen molar-refractivity contribution in [3.05, 3.63) is 35.7 Å². The van der Waals surface area contributed by atoms with Crippen molar-refractivity contribution in [3.8, 4) is 11.4 Å². The van der Waals surface area contributed by atoms with Gasteiger partial charge in [0.25, 0.3) is 0 Å². The second-order valence-corrected chi connectivity index (χ2v) is 6.80. The van der Waals surface area contributed by atoms with Gasteiger partial charge in [-0.05, 0) is 33.2 Å². The highest BCUT2D eigenvalue weighted by Crippen LogP contribution is 2.19. The molecule has 1 amide bonds. The van der Waals surface area contributed by atoms with Crippen molar-refractivity contribution < 1.29 is 9.32 Å². The second kappa shape index (κ2) is 10.7. The summed E-state index contributed by atoms with van der Waals surface area (Å²) in [5, 5.41) is 6.85. The summed E-state index contributed by atoms with van der Waals surface area (Å²) in [6, 6.07) is 8.56. The van der Waals surface area contributed by atoms with Gasteiger partial charge in [-0.2, -0.15) is 4.98 Å². The average molecular weight is 358 g/mol. The van der Waals surface area contributed by atoms with Gasteiger partial charge in [0.05, 0.1) is 6.54 Å². The number of nitrogens with zero attached hydrogens (tertiary/aromatic N) is 3. The van der Waals surface area contributed by atoms with E-state index < -0.39 is 0 Å². The maximum absolute atomic E-state index is 10.4. The Hall–Kier alpha value is -2.21. The first-order valence-electron chi connectivity index (χ1n) is 9.41. The molecule has 142 valence electrons. The summed E-state index contributed by atoms with van der Waals surface area (Å²) in [6.07, 6.45) is 6.26. The van der Waals surface area contributed by atoms with Gasteiger partial charge >= 0.3 is 0 Å². The first-order valence-corrected chi connectivity index (χ1v) is 9.41. The Labute approximate surface area is 156 Å². The molecule has 0 spiro atoms. The van der Waals surface area contributed by atoms with E-state index in [0.29, 0.717) is 24.3 Å². The van der Waals surface area contributed by atoms with E-state index in [9.17, 15) is 4.79 Å². The van der Waals surface area contributed by atoms with E-state index >= 15 is 0 Å². The lowest BCUT2D eigenvalue weighted by atomic mass is 10.0. The average Bonchev–Trinajstić information content (AvgIpc) is 3.10. The van der Waals surface area contributed by atoms with Crippen LogP contribution in [0.1, 0.15) is 50.5 Å². The minimum Gasteiger partial charge on any atom is -0.359 e. The molecule has 1 atom stereocenters. The predicted molar refractivity (Wildman–Crippen MR) is 103 cm³/mol. The zero-order valence-electron chi connectivity index (χ0n) is 16.1. The number of carbonyl (C=O) groups excluding carboxylic acids is 1. The molecule has 0 fully saturated rings. The van der Waals surface area contributed by atoms with Crippen LogP contribution in [0.4, 0.5) is 0 Å². The number of carbonyl (C=O) groups is 1. The number of aromatic nitrogens is 2. The van der Waals surface area contributed by atoms with Crippen molar-refractivity contribution >= 4 is 6.41 Å². The number of aryl methyl sites for hydroxylation is 1. The van der Waals surface area contributed by atoms with Crippen LogP contribution >= 0.6 is 0 Å². The fourth-order valence-electron chi connectivity index (χ4n) is 3.00. The topological polar surface area (TPSA) is 71.3 Å². The molecule has 1 aromatic heterocycles. The van der Waals surface area contributed by atoms with Crippen molar-refractivity contribution in [1.29, 1.82) is 0 Å². The van der Waals surface area contributed by atoms with Gasteiger partial charge in [-0.15, -0.1) is 0 Å². The summed E-state index contributed by atoms with van der Waals surface area (Å²) in [4.78, 5) is 17.2. The van der Waals surface area contributed by atoms with E-state index in [0.717, 1.165) is 37.8 Å². The zero-order chi connectivity index (χ0) is 18.8. The van der Waals surface area contributed by atoms with Gasteiger partial charge in [0.15, 0.2) is 0 Å². The second-order valence-electron chi connectivity index (χ2n) is 6.80. The minimum atomic E-state index is 0.443. The van der Waals surface area contributed by atoms with Crippen LogP contribution in [0.25, 0.3) is 11.4 Å². The first kappa shape index (κ1) is 20.1. The monoisotopic (exact) mass is 358 g/mol. The van der Waals surface area contributed by atoms with Crippen LogP contribution in [-0.2, 0) is 11.3 Å². The Bertz CT molecular complexity index is 654. The maximum Gasteiger partial charge on any atom is 0.241 e. The third-order valence-electron chi connectivity index (χ3n) is 4.62. The van der Waals surface area contributed by atoms with Gasteiger partial charge in [-0.25, -0.2) is 0 Å². The molecule has 1 aromatic carbocycles. The Morgan fingerprint density at radius 3 is 2.65 bits per heavy atom. The number of benzene rings is 1. The van der Waals surface area contributed by atoms with Gasteiger partial charge in [-0.3, -0.25) is 9.69 Å². The van der Waals surface area contributed by atoms with E-state index in [1.54, 1.807) is 0 Å². The zero-order valence-corrected chi connectivity index (χ0v) is 16.1. The van der Waals surface area contributed by atoms with E-state index in [2.05, 4.69) is 41.3 Å². The number of rotatable bonds is 12. The first-order chi connectivity index (χ1) is 12.6. The molecule has 0 bridgehead atoms. The molecule has 1 unspecified atom stereocenters. The largest absolute Gasteiger partial charge is 0.359 e. The summed E-state index contributed by atoms with van der Waals surface area (Å²) in [6.45, 7) is 5.62. The predicted octanol–water partition coefficient (Wildman–Crippen LogP) is 3.56. The van der Waals surface area contributed by atoms with Crippen LogP contribution in [0.15, 0.2) is 28.8 Å². The van der Waals surface area contributed by atoms with Crippen LogP contribution in [-0.4, -0.2) is 41.1 Å². The van der Waals surface area contributed by atoms with Gasteiger partial charge in [0.2, 0.25) is 18.1 Å². The smallest absolute Gasteiger partial charge is 0.241 e. The molecule has 6 heteroatoms. The van der Waals surface area contributed by atoms with Crippen molar-refractivity contribution in [2.24, 2.45) is 0 Å². The van der Waals surface area contributed by atoms with Crippen molar-refractivity contribution in [3.63, 3.8) is 0 Å². The molecule has 0 radical (unpaired) electrons. The summed E-state index contributed by atoms with van der Waals surface area (Å²) >= 11 is 0. The molecular weight excluding hydrogens is 328 g/mol. The standard InChI is InChI=1S/C20H30N4O2/c1-4-5-7-18(8-6-13-21-15-25)24(3)14-19-22-20(23-26-19)17-11-9-16(2)10-12-17/h9-12,15,18H,4-8,13-14H2,1-3H3,(H,21,25). The lowest BCUT2D eigenvalue weighted by Crippen LogP contribution is -2.32. The Kier molecular flexibility index (Phi) is 8.28. The molecule has 6 nitrogen and oxygen atoms in total. The van der Waals surface area contributed by atoms with Crippen LogP contribution < -0.4 is 5.32 Å². The summed E-state index contributed by atoms with van der Waals surface area (Å²) in [5.74, 6) is 1.27. The molecular formula is C20H30N4O2. The van der Waals surface area contributed by atoms with Gasteiger partial charge in [0.1, 0.15) is 0 Å². The molecule has 2 rings (SSSR count). The Morgan fingerprint density at radius 1 is 1.23 bits per heavy atom. The highest BCUT2D eigenvalue weighted by molar-refractivity contribution is 5.54. The maximum atomic E-state index is 10.4. The molecule has 0 saturated heterocycles. The lowest BCUT2D eigenvalue weighted by Gasteiger charge is -2.27. The van der Waals surface area contributed by atoms with Gasteiger partial charge < -0.3 is 9.84 Å². The molecule has 0 aliphatic heterocycles. The molecule has 1 N–H and O–H groups in total. The molecule has 26 heavy (non-hydrogen) atoms. The molecule has 0 aliphatic carbocycles. The van der Waals surface area contributed by atoms with Crippen molar-refractivity contribution in [2.75, 3.05) is 13.6 Å². The van der Waals surface area contributed by atoms with Crippen LogP contribution in [0.5, 0.6) is 0 Å². The number of amides is 1. The number of nitrogens with one attached hydrogen (secondary N) is 1. The quantitative estimate of drug-likeness (QED) is 0.464. The lowest BCUT2D eigenvalue weighted by molar-refractivity contribution is -0.109. The van der Waals surface area contributed by atoms with Gasteiger partial charge in [0, 0.05) is 18.2 Å². The van der Waals surface area contributed by atoms with Crippen molar-refractivity contribution in [1.82, 2.24) is 20.4 Å². The van der Waals surface area contributed by atoms with Crippen molar-refractivity contribution in [2.45, 2.75) is 58.5 Å². The van der Waals surface area contributed by atoms with E-state index in [-0.39, 0.29) is 0 Å². The molecule has 0 saturated carbocycles. The molecule has 0 aliphatic rings. The molecule has 1 heterocycles. The van der Waals surface area contributed by atoms with Crippen LogP contribution in [0.2, 0.25) is 0 Å². The summed E-state index contributed by atoms with van der Waals surface area (Å²) in [5.41, 5.74) is 2.18. The summed E-state index contributed by atoms with van der Waals surface area (Å²) in [7, 11) is 2.10. The highest BCUT2D eigenvalue weighted by Gasteiger charge is 2.17. The summed E-state index contributed by atoms with van der Waals surface area (Å²) < 4.78 is 5.46. The fraction of sp³-hybridized carbons (Fsp3) is 0.550. The van der Waals surface area contributed by atoms with Gasteiger partial charge in [-0.1, -0.05) is 54.8 Å². The SMILES string of the molecule is CCCCC(CCCNC=O)N(C)Cc1nc(-c2ccc(C)cc2)no1. The third-order valence-corrected chi connectivity index (χ3v) is 4.62. The molecule has 2 aromatic rings. The van der Waals surface area contributed by atoms with E-state index in [1.165, 1.54) is 18.4 Å². The minimum absolute atomic E-state index is 0.443. The van der Waals surface area contributed by atoms with E-state index in [4.69, 9.17) is 4.52 Å².